The van der Waals surface area contributed by atoms with E-state index in [1.165, 1.54) is 38.5 Å². The molecule has 2 aromatic rings. The Labute approximate surface area is 158 Å². The Hall–Kier alpha value is -1.31. The summed E-state index contributed by atoms with van der Waals surface area (Å²) in [4.78, 5) is 2.42. The van der Waals surface area contributed by atoms with Gasteiger partial charge in [0.1, 0.15) is 0 Å². The van der Waals surface area contributed by atoms with E-state index in [0.29, 0.717) is 5.92 Å². The molecule has 0 saturated heterocycles. The van der Waals surface area contributed by atoms with Gasteiger partial charge in [0.15, 0.2) is 0 Å². The third kappa shape index (κ3) is 3.64. The Morgan fingerprint density at radius 3 is 1.68 bits per heavy atom. The van der Waals surface area contributed by atoms with Crippen molar-refractivity contribution in [2.24, 2.45) is 5.92 Å². The summed E-state index contributed by atoms with van der Waals surface area (Å²) in [5.74, 6) is 1.39. The Kier molecular flexibility index (Phi) is 5.86. The lowest BCUT2D eigenvalue weighted by Crippen LogP contribution is -2.33. The third-order valence-electron chi connectivity index (χ3n) is 6.39. The molecule has 0 N–H and O–H groups in total. The molecule has 0 unspecified atom stereocenters. The van der Waals surface area contributed by atoms with Gasteiger partial charge in [0.05, 0.1) is 0 Å². The summed E-state index contributed by atoms with van der Waals surface area (Å²) in [6.07, 6.45) is 7.79. The highest BCUT2D eigenvalue weighted by molar-refractivity contribution is 5.85. The zero-order valence-electron chi connectivity index (χ0n) is 15.4. The molecule has 0 aliphatic heterocycles. The van der Waals surface area contributed by atoms with Gasteiger partial charge in [-0.2, -0.15) is 0 Å². The fourth-order valence-electron chi connectivity index (χ4n) is 5.03. The van der Waals surface area contributed by atoms with Crippen molar-refractivity contribution in [1.82, 2.24) is 4.90 Å². The Balaban J connectivity index is 0.00000182. The lowest BCUT2D eigenvalue weighted by Gasteiger charge is -2.37. The molecule has 25 heavy (non-hydrogen) atoms. The van der Waals surface area contributed by atoms with Crippen LogP contribution in [-0.2, 0) is 12.8 Å². The summed E-state index contributed by atoms with van der Waals surface area (Å²) in [5, 5.41) is 0. The maximum absolute atomic E-state index is 2.42. The second-order valence-corrected chi connectivity index (χ2v) is 7.91. The standard InChI is InChI=1S/C23H29N.ClH/c1-24(2)20-15-13-19(14-16-20)23-21-9-5-3-7-17(21)11-12-18-8-4-6-10-22(18)23;/h3-10,19-20,23H,11-16H2,1-2H3;1H. The van der Waals surface area contributed by atoms with Gasteiger partial charge in [-0.05, 0) is 80.8 Å². The quantitative estimate of drug-likeness (QED) is 0.691. The van der Waals surface area contributed by atoms with Crippen LogP contribution in [0.1, 0.15) is 53.9 Å². The maximum atomic E-state index is 2.42. The second-order valence-electron chi connectivity index (χ2n) is 7.91. The van der Waals surface area contributed by atoms with Crippen LogP contribution in [0.3, 0.4) is 0 Å². The minimum Gasteiger partial charge on any atom is -0.306 e. The van der Waals surface area contributed by atoms with Crippen LogP contribution in [0.15, 0.2) is 48.5 Å². The summed E-state index contributed by atoms with van der Waals surface area (Å²) in [7, 11) is 4.47. The number of benzene rings is 2. The monoisotopic (exact) mass is 355 g/mol. The fraction of sp³-hybridized carbons (Fsp3) is 0.478. The van der Waals surface area contributed by atoms with Crippen LogP contribution in [0.4, 0.5) is 0 Å². The average molecular weight is 356 g/mol. The molecule has 0 bridgehead atoms. The lowest BCUT2D eigenvalue weighted by molar-refractivity contribution is 0.185. The number of nitrogens with zero attached hydrogens (tertiary/aromatic N) is 1. The molecule has 0 aromatic heterocycles. The molecule has 2 heteroatoms. The summed E-state index contributed by atoms with van der Waals surface area (Å²) >= 11 is 0. The summed E-state index contributed by atoms with van der Waals surface area (Å²) in [6, 6.07) is 19.2. The molecular weight excluding hydrogens is 326 g/mol. The van der Waals surface area contributed by atoms with Crippen molar-refractivity contribution < 1.29 is 0 Å². The molecular formula is C23H30ClN. The van der Waals surface area contributed by atoms with Crippen molar-refractivity contribution in [2.75, 3.05) is 14.1 Å². The smallest absolute Gasteiger partial charge is 0.0123 e. The predicted octanol–water partition coefficient (Wildman–Crippen LogP) is 5.46. The van der Waals surface area contributed by atoms with E-state index < -0.39 is 0 Å². The normalized spacial score (nSPS) is 23.3. The van der Waals surface area contributed by atoms with Gasteiger partial charge in [0.2, 0.25) is 0 Å². The van der Waals surface area contributed by atoms with Crippen molar-refractivity contribution in [3.63, 3.8) is 0 Å². The SMILES string of the molecule is CN(C)C1CCC(C2c3ccccc3CCc3ccccc32)CC1.Cl. The van der Waals surface area contributed by atoms with Gasteiger partial charge >= 0.3 is 0 Å². The highest BCUT2D eigenvalue weighted by Gasteiger charge is 2.33. The van der Waals surface area contributed by atoms with E-state index >= 15 is 0 Å². The van der Waals surface area contributed by atoms with Crippen LogP contribution >= 0.6 is 12.4 Å². The van der Waals surface area contributed by atoms with Gasteiger partial charge in [-0.15, -0.1) is 12.4 Å². The average Bonchev–Trinajstić information content (AvgIpc) is 2.79. The molecule has 1 saturated carbocycles. The Bertz CT molecular complexity index is 653. The van der Waals surface area contributed by atoms with Crippen LogP contribution in [0.25, 0.3) is 0 Å². The van der Waals surface area contributed by atoms with E-state index in [9.17, 15) is 0 Å². The number of aryl methyl sites for hydroxylation is 2. The van der Waals surface area contributed by atoms with E-state index in [-0.39, 0.29) is 12.4 Å². The molecule has 0 amide bonds. The van der Waals surface area contributed by atoms with Crippen molar-refractivity contribution in [2.45, 2.75) is 50.5 Å². The van der Waals surface area contributed by atoms with E-state index in [0.717, 1.165) is 12.0 Å². The van der Waals surface area contributed by atoms with Gasteiger partial charge in [-0.3, -0.25) is 0 Å². The number of hydrogen-bond acceptors (Lipinski definition) is 1. The largest absolute Gasteiger partial charge is 0.306 e. The Morgan fingerprint density at radius 2 is 1.20 bits per heavy atom. The summed E-state index contributed by atoms with van der Waals surface area (Å²) < 4.78 is 0. The van der Waals surface area contributed by atoms with Gasteiger partial charge in [0.25, 0.3) is 0 Å². The lowest BCUT2D eigenvalue weighted by atomic mass is 9.71. The van der Waals surface area contributed by atoms with Gasteiger partial charge in [-0.25, -0.2) is 0 Å². The molecule has 0 heterocycles. The number of halogens is 1. The van der Waals surface area contributed by atoms with Crippen molar-refractivity contribution in [3.8, 4) is 0 Å². The van der Waals surface area contributed by atoms with Gasteiger partial charge in [0, 0.05) is 12.0 Å². The van der Waals surface area contributed by atoms with Gasteiger partial charge in [-0.1, -0.05) is 48.5 Å². The van der Waals surface area contributed by atoms with Crippen LogP contribution < -0.4 is 0 Å². The third-order valence-corrected chi connectivity index (χ3v) is 6.39. The maximum Gasteiger partial charge on any atom is 0.0123 e. The minimum atomic E-state index is 0. The first kappa shape index (κ1) is 18.5. The molecule has 0 atom stereocenters. The number of hydrogen-bond donors (Lipinski definition) is 0. The molecule has 2 aliphatic rings. The Morgan fingerprint density at radius 1 is 0.720 bits per heavy atom. The van der Waals surface area contributed by atoms with Crippen molar-refractivity contribution >= 4 is 12.4 Å². The number of fused-ring (bicyclic) bond motifs is 2. The molecule has 0 radical (unpaired) electrons. The first-order valence-corrected chi connectivity index (χ1v) is 9.56. The van der Waals surface area contributed by atoms with Crippen LogP contribution in [0, 0.1) is 5.92 Å². The van der Waals surface area contributed by atoms with Crippen LogP contribution in [0.5, 0.6) is 0 Å². The van der Waals surface area contributed by atoms with Crippen LogP contribution in [-0.4, -0.2) is 25.0 Å². The first-order valence-electron chi connectivity index (χ1n) is 9.56. The first-order chi connectivity index (χ1) is 11.7. The molecule has 134 valence electrons. The summed E-state index contributed by atoms with van der Waals surface area (Å²) in [6.45, 7) is 0. The molecule has 0 spiro atoms. The van der Waals surface area contributed by atoms with Crippen LogP contribution in [0.2, 0.25) is 0 Å². The molecule has 2 aromatic carbocycles. The topological polar surface area (TPSA) is 3.24 Å². The van der Waals surface area contributed by atoms with E-state index in [1.807, 2.05) is 0 Å². The highest BCUT2D eigenvalue weighted by atomic mass is 35.5. The molecule has 1 nitrogen and oxygen atoms in total. The second kappa shape index (κ2) is 7.93. The molecule has 4 rings (SSSR count). The van der Waals surface area contributed by atoms with E-state index in [2.05, 4.69) is 67.5 Å². The minimum absolute atomic E-state index is 0. The molecule has 1 fully saturated rings. The van der Waals surface area contributed by atoms with E-state index in [4.69, 9.17) is 0 Å². The summed E-state index contributed by atoms with van der Waals surface area (Å²) in [5.41, 5.74) is 6.37. The van der Waals surface area contributed by atoms with Crippen molar-refractivity contribution in [1.29, 1.82) is 0 Å². The van der Waals surface area contributed by atoms with E-state index in [1.54, 1.807) is 22.3 Å². The fourth-order valence-corrected chi connectivity index (χ4v) is 5.03. The zero-order valence-corrected chi connectivity index (χ0v) is 16.3. The van der Waals surface area contributed by atoms with Gasteiger partial charge < -0.3 is 4.90 Å². The predicted molar refractivity (Wildman–Crippen MR) is 109 cm³/mol. The van der Waals surface area contributed by atoms with Crippen molar-refractivity contribution in [3.05, 3.63) is 70.8 Å². The zero-order chi connectivity index (χ0) is 16.5. The highest BCUT2D eigenvalue weighted by Crippen LogP contribution is 2.44. The molecule has 2 aliphatic carbocycles. The number of rotatable bonds is 2.